The van der Waals surface area contributed by atoms with Crippen LogP contribution in [0.3, 0.4) is 0 Å². The molecule has 0 amide bonds. The zero-order valence-electron chi connectivity index (χ0n) is 10.9. The first-order valence-corrected chi connectivity index (χ1v) is 7.33. The van der Waals surface area contributed by atoms with Gasteiger partial charge in [-0.3, -0.25) is 0 Å². The van der Waals surface area contributed by atoms with Gasteiger partial charge in [0, 0.05) is 22.1 Å². The van der Waals surface area contributed by atoms with Crippen molar-refractivity contribution in [1.29, 1.82) is 0 Å². The first-order chi connectivity index (χ1) is 9.10. The molecule has 0 aliphatic heterocycles. The third-order valence-corrected chi connectivity index (χ3v) is 3.55. The molecule has 1 aromatic heterocycles. The van der Waals surface area contributed by atoms with Crippen molar-refractivity contribution < 1.29 is 0 Å². The summed E-state index contributed by atoms with van der Waals surface area (Å²) in [5.41, 5.74) is 1.83. The highest BCUT2D eigenvalue weighted by Gasteiger charge is 2.09. The van der Waals surface area contributed by atoms with Gasteiger partial charge in [0.25, 0.3) is 0 Å². The van der Waals surface area contributed by atoms with Crippen LogP contribution in [0.1, 0.15) is 24.7 Å². The average Bonchev–Trinajstić information content (AvgIpc) is 2.36. The molecule has 3 nitrogen and oxygen atoms in total. The van der Waals surface area contributed by atoms with Crippen molar-refractivity contribution in [2.24, 2.45) is 0 Å². The van der Waals surface area contributed by atoms with Crippen LogP contribution in [0, 0.1) is 6.92 Å². The normalized spacial score (nSPS) is 10.5. The zero-order valence-corrected chi connectivity index (χ0v) is 13.2. The van der Waals surface area contributed by atoms with Gasteiger partial charge in [0.05, 0.1) is 0 Å². The second-order valence-corrected chi connectivity index (χ2v) is 5.56. The minimum absolute atomic E-state index is 0.510. The van der Waals surface area contributed by atoms with E-state index in [1.807, 2.05) is 31.2 Å². The van der Waals surface area contributed by atoms with Crippen LogP contribution in [-0.4, -0.2) is 9.97 Å². The Morgan fingerprint density at radius 2 is 2.11 bits per heavy atom. The molecule has 0 bridgehead atoms. The van der Waals surface area contributed by atoms with E-state index < -0.39 is 0 Å². The molecular formula is C14H15BrClN3. The van der Waals surface area contributed by atoms with Crippen molar-refractivity contribution in [3.8, 4) is 0 Å². The van der Waals surface area contributed by atoms with Crippen molar-refractivity contribution in [2.45, 2.75) is 26.7 Å². The molecular weight excluding hydrogens is 326 g/mol. The lowest BCUT2D eigenvalue weighted by atomic mass is 10.2. The maximum Gasteiger partial charge on any atom is 0.138 e. The Hall–Kier alpha value is -1.13. The Bertz CT molecular complexity index is 587. The van der Waals surface area contributed by atoms with Crippen LogP contribution in [0.2, 0.25) is 5.15 Å². The molecule has 5 heteroatoms. The lowest BCUT2D eigenvalue weighted by Gasteiger charge is -2.11. The van der Waals surface area contributed by atoms with Crippen LogP contribution in [-0.2, 0) is 6.42 Å². The molecule has 0 fully saturated rings. The molecule has 1 heterocycles. The number of aromatic nitrogens is 2. The van der Waals surface area contributed by atoms with E-state index in [0.29, 0.717) is 5.15 Å². The molecule has 0 unspecified atom stereocenters. The number of anilines is 2. The standard InChI is InChI=1S/C14H15BrClN3/c1-3-5-12-18-13(16)9(2)14(19-12)17-11-7-4-6-10(15)8-11/h4,6-8H,3,5H2,1-2H3,(H,17,18,19). The van der Waals surface area contributed by atoms with E-state index in [9.17, 15) is 0 Å². The SMILES string of the molecule is CCCc1nc(Cl)c(C)c(Nc2cccc(Br)c2)n1. The van der Waals surface area contributed by atoms with Crippen molar-refractivity contribution in [2.75, 3.05) is 5.32 Å². The monoisotopic (exact) mass is 339 g/mol. The van der Waals surface area contributed by atoms with Gasteiger partial charge in [0.1, 0.15) is 16.8 Å². The summed E-state index contributed by atoms with van der Waals surface area (Å²) in [6.45, 7) is 4.01. The first kappa shape index (κ1) is 14.3. The first-order valence-electron chi connectivity index (χ1n) is 6.15. The Balaban J connectivity index is 2.33. The molecule has 1 aromatic carbocycles. The van der Waals surface area contributed by atoms with Gasteiger partial charge in [-0.1, -0.05) is 40.5 Å². The van der Waals surface area contributed by atoms with Crippen molar-refractivity contribution in [3.63, 3.8) is 0 Å². The highest BCUT2D eigenvalue weighted by molar-refractivity contribution is 9.10. The predicted octanol–water partition coefficient (Wildman–Crippen LogP) is 4.90. The summed E-state index contributed by atoms with van der Waals surface area (Å²) in [4.78, 5) is 8.81. The van der Waals surface area contributed by atoms with E-state index in [0.717, 1.165) is 40.2 Å². The highest BCUT2D eigenvalue weighted by atomic mass is 79.9. The van der Waals surface area contributed by atoms with Gasteiger partial charge in [0.15, 0.2) is 0 Å². The van der Waals surface area contributed by atoms with E-state index in [4.69, 9.17) is 11.6 Å². The number of rotatable bonds is 4. The number of benzene rings is 1. The number of nitrogens with zero attached hydrogens (tertiary/aromatic N) is 2. The third kappa shape index (κ3) is 3.67. The summed E-state index contributed by atoms with van der Waals surface area (Å²) >= 11 is 9.60. The van der Waals surface area contributed by atoms with Crippen molar-refractivity contribution >= 4 is 39.0 Å². The van der Waals surface area contributed by atoms with E-state index in [2.05, 4.69) is 38.1 Å². The van der Waals surface area contributed by atoms with Crippen LogP contribution in [0.4, 0.5) is 11.5 Å². The van der Waals surface area contributed by atoms with Crippen LogP contribution in [0.5, 0.6) is 0 Å². The lowest BCUT2D eigenvalue weighted by molar-refractivity contribution is 0.833. The summed E-state index contributed by atoms with van der Waals surface area (Å²) < 4.78 is 1.02. The topological polar surface area (TPSA) is 37.8 Å². The lowest BCUT2D eigenvalue weighted by Crippen LogP contribution is -2.03. The molecule has 0 aliphatic rings. The van der Waals surface area contributed by atoms with Crippen LogP contribution < -0.4 is 5.32 Å². The Labute approximate surface area is 126 Å². The summed E-state index contributed by atoms with van der Waals surface area (Å²) in [5, 5.41) is 3.80. The fourth-order valence-electron chi connectivity index (χ4n) is 1.69. The van der Waals surface area contributed by atoms with E-state index in [1.54, 1.807) is 0 Å². The molecule has 0 saturated heterocycles. The molecule has 1 N–H and O–H groups in total. The Morgan fingerprint density at radius 3 is 2.79 bits per heavy atom. The number of hydrogen-bond acceptors (Lipinski definition) is 3. The third-order valence-electron chi connectivity index (χ3n) is 2.69. The molecule has 0 aliphatic carbocycles. The fourth-order valence-corrected chi connectivity index (χ4v) is 2.28. The summed E-state index contributed by atoms with van der Waals surface area (Å²) in [6.07, 6.45) is 1.82. The van der Waals surface area contributed by atoms with E-state index in [1.165, 1.54) is 0 Å². The largest absolute Gasteiger partial charge is 0.340 e. The van der Waals surface area contributed by atoms with Gasteiger partial charge < -0.3 is 5.32 Å². The maximum atomic E-state index is 6.15. The Kier molecular flexibility index (Phi) is 4.77. The molecule has 0 saturated carbocycles. The van der Waals surface area contributed by atoms with E-state index in [-0.39, 0.29) is 0 Å². The van der Waals surface area contributed by atoms with Gasteiger partial charge in [-0.05, 0) is 31.5 Å². The maximum absolute atomic E-state index is 6.15. The van der Waals surface area contributed by atoms with Gasteiger partial charge in [0.2, 0.25) is 0 Å². The van der Waals surface area contributed by atoms with Crippen molar-refractivity contribution in [3.05, 3.63) is 45.3 Å². The molecule has 100 valence electrons. The second-order valence-electron chi connectivity index (χ2n) is 4.29. The number of halogens is 2. The summed E-state index contributed by atoms with van der Waals surface area (Å²) in [5.74, 6) is 1.54. The molecule has 0 atom stereocenters. The van der Waals surface area contributed by atoms with Crippen LogP contribution in [0.15, 0.2) is 28.7 Å². The van der Waals surface area contributed by atoms with Gasteiger partial charge >= 0.3 is 0 Å². The zero-order chi connectivity index (χ0) is 13.8. The van der Waals surface area contributed by atoms with Crippen LogP contribution >= 0.6 is 27.5 Å². The minimum atomic E-state index is 0.510. The fraction of sp³-hybridized carbons (Fsp3) is 0.286. The van der Waals surface area contributed by atoms with Gasteiger partial charge in [-0.2, -0.15) is 0 Å². The minimum Gasteiger partial charge on any atom is -0.340 e. The predicted molar refractivity (Wildman–Crippen MR) is 83.2 cm³/mol. The second kappa shape index (κ2) is 6.35. The van der Waals surface area contributed by atoms with Gasteiger partial charge in [-0.25, -0.2) is 9.97 Å². The van der Waals surface area contributed by atoms with Gasteiger partial charge in [-0.15, -0.1) is 0 Å². The number of hydrogen-bond donors (Lipinski definition) is 1. The quantitative estimate of drug-likeness (QED) is 0.805. The molecule has 19 heavy (non-hydrogen) atoms. The van der Waals surface area contributed by atoms with E-state index >= 15 is 0 Å². The number of nitrogens with one attached hydrogen (secondary N) is 1. The number of aryl methyl sites for hydroxylation is 1. The van der Waals surface area contributed by atoms with Crippen LogP contribution in [0.25, 0.3) is 0 Å². The van der Waals surface area contributed by atoms with Crippen molar-refractivity contribution in [1.82, 2.24) is 9.97 Å². The molecule has 0 radical (unpaired) electrons. The smallest absolute Gasteiger partial charge is 0.138 e. The Morgan fingerprint density at radius 1 is 1.32 bits per heavy atom. The average molecular weight is 341 g/mol. The molecule has 2 aromatic rings. The molecule has 0 spiro atoms. The molecule has 2 rings (SSSR count). The summed E-state index contributed by atoms with van der Waals surface area (Å²) in [7, 11) is 0. The highest BCUT2D eigenvalue weighted by Crippen LogP contribution is 2.25. The summed E-state index contributed by atoms with van der Waals surface area (Å²) in [6, 6.07) is 7.93.